The van der Waals surface area contributed by atoms with Gasteiger partial charge >= 0.3 is 0 Å². The summed E-state index contributed by atoms with van der Waals surface area (Å²) in [6, 6.07) is 12.7. The summed E-state index contributed by atoms with van der Waals surface area (Å²) in [5.74, 6) is 1.19. The molecule has 2 heterocycles. The average molecular weight is 501 g/mol. The highest BCUT2D eigenvalue weighted by molar-refractivity contribution is 6.37. The van der Waals surface area contributed by atoms with Gasteiger partial charge in [-0.05, 0) is 42.8 Å². The number of nitrogens with two attached hydrogens (primary N) is 1. The molecular formula is C25H26Cl2N4O3. The van der Waals surface area contributed by atoms with Crippen LogP contribution in [0.2, 0.25) is 10.0 Å². The van der Waals surface area contributed by atoms with E-state index in [1.54, 1.807) is 25.4 Å². The number of rotatable bonds is 6. The second-order valence-corrected chi connectivity index (χ2v) is 8.75. The maximum absolute atomic E-state index is 12.7. The monoisotopic (exact) mass is 500 g/mol. The molecule has 1 saturated heterocycles. The van der Waals surface area contributed by atoms with E-state index in [4.69, 9.17) is 38.4 Å². The van der Waals surface area contributed by atoms with E-state index >= 15 is 0 Å². The number of hydrogen-bond donors (Lipinski definition) is 2. The Morgan fingerprint density at radius 3 is 2.47 bits per heavy atom. The second kappa shape index (κ2) is 10.5. The predicted molar refractivity (Wildman–Crippen MR) is 135 cm³/mol. The van der Waals surface area contributed by atoms with Crippen LogP contribution < -0.4 is 20.5 Å². The fraction of sp³-hybridized carbons (Fsp3) is 0.280. The number of benzene rings is 2. The summed E-state index contributed by atoms with van der Waals surface area (Å²) < 4.78 is 11.4. The van der Waals surface area contributed by atoms with Crippen LogP contribution in [0.3, 0.4) is 0 Å². The number of halogens is 2. The minimum absolute atomic E-state index is 0.0355. The lowest BCUT2D eigenvalue weighted by Crippen LogP contribution is -2.46. The first-order valence-corrected chi connectivity index (χ1v) is 11.7. The second-order valence-electron chi connectivity index (χ2n) is 7.96. The summed E-state index contributed by atoms with van der Waals surface area (Å²) in [6.07, 6.45) is 1.17. The molecule has 0 spiro atoms. The number of ether oxygens (including phenoxy) is 2. The highest BCUT2D eigenvalue weighted by Crippen LogP contribution is 2.40. The Balaban J connectivity index is 1.55. The molecule has 7 nitrogen and oxygen atoms in total. The van der Waals surface area contributed by atoms with Crippen molar-refractivity contribution in [2.75, 3.05) is 39.0 Å². The topological polar surface area (TPSA) is 89.7 Å². The Morgan fingerprint density at radius 2 is 1.79 bits per heavy atom. The van der Waals surface area contributed by atoms with Crippen molar-refractivity contribution in [3.8, 4) is 22.6 Å². The van der Waals surface area contributed by atoms with Crippen molar-refractivity contribution in [3.05, 3.63) is 69.8 Å². The lowest BCUT2D eigenvalue weighted by atomic mass is 10.0. The number of nitrogen functional groups attached to an aromatic ring is 1. The third-order valence-corrected chi connectivity index (χ3v) is 6.49. The van der Waals surface area contributed by atoms with Crippen LogP contribution in [0, 0.1) is 0 Å². The van der Waals surface area contributed by atoms with Crippen molar-refractivity contribution >= 4 is 34.9 Å². The van der Waals surface area contributed by atoms with Gasteiger partial charge in [0.1, 0.15) is 11.9 Å². The smallest absolute Gasteiger partial charge is 0.253 e. The number of piperazine rings is 1. The normalized spacial score (nSPS) is 14.5. The van der Waals surface area contributed by atoms with Crippen molar-refractivity contribution in [3.63, 3.8) is 0 Å². The molecule has 3 N–H and O–H groups in total. The number of carbonyl (C=O) groups is 1. The van der Waals surface area contributed by atoms with Crippen LogP contribution in [0.4, 0.5) is 5.82 Å². The summed E-state index contributed by atoms with van der Waals surface area (Å²) in [4.78, 5) is 18.9. The van der Waals surface area contributed by atoms with Crippen LogP contribution in [0.15, 0.2) is 48.7 Å². The third kappa shape index (κ3) is 5.06. The zero-order valence-electron chi connectivity index (χ0n) is 19.0. The Labute approximate surface area is 208 Å². The van der Waals surface area contributed by atoms with Gasteiger partial charge in [-0.2, -0.15) is 0 Å². The zero-order chi connectivity index (χ0) is 24.2. The molecule has 4 rings (SSSR count). The van der Waals surface area contributed by atoms with E-state index < -0.39 is 6.10 Å². The van der Waals surface area contributed by atoms with Gasteiger partial charge in [0.2, 0.25) is 0 Å². The summed E-state index contributed by atoms with van der Waals surface area (Å²) >= 11 is 12.8. The van der Waals surface area contributed by atoms with Crippen LogP contribution >= 0.6 is 23.2 Å². The number of hydrogen-bond acceptors (Lipinski definition) is 6. The molecule has 1 aliphatic heterocycles. The fourth-order valence-corrected chi connectivity index (χ4v) is 4.65. The molecule has 1 unspecified atom stereocenters. The number of pyridine rings is 1. The molecule has 0 bridgehead atoms. The SMILES string of the molecule is COc1ccc(Cl)c(C(C)Oc2cc(-c3ccc(C(=O)N4CCNCC4)cc3)cnc2N)c1Cl. The van der Waals surface area contributed by atoms with Crippen molar-refractivity contribution in [2.24, 2.45) is 0 Å². The fourth-order valence-electron chi connectivity index (χ4n) is 3.89. The van der Waals surface area contributed by atoms with Crippen LogP contribution in [-0.2, 0) is 0 Å². The molecular weight excluding hydrogens is 475 g/mol. The summed E-state index contributed by atoms with van der Waals surface area (Å²) in [5, 5.41) is 4.10. The average Bonchev–Trinajstić information content (AvgIpc) is 2.86. The first-order chi connectivity index (χ1) is 16.4. The molecule has 3 aromatic rings. The van der Waals surface area contributed by atoms with E-state index in [2.05, 4.69) is 10.3 Å². The maximum atomic E-state index is 12.7. The Morgan fingerprint density at radius 1 is 1.09 bits per heavy atom. The number of aromatic nitrogens is 1. The van der Waals surface area contributed by atoms with E-state index in [9.17, 15) is 4.79 Å². The molecule has 1 fully saturated rings. The minimum Gasteiger partial charge on any atom is -0.495 e. The molecule has 9 heteroatoms. The predicted octanol–water partition coefficient (Wildman–Crippen LogP) is 4.83. The first-order valence-electron chi connectivity index (χ1n) is 10.9. The number of carbonyl (C=O) groups excluding carboxylic acids is 1. The number of anilines is 1. The van der Waals surface area contributed by atoms with Crippen LogP contribution in [0.5, 0.6) is 11.5 Å². The Hall–Kier alpha value is -3.00. The third-order valence-electron chi connectivity index (χ3n) is 5.77. The van der Waals surface area contributed by atoms with Gasteiger partial charge in [0.05, 0.1) is 12.1 Å². The lowest BCUT2D eigenvalue weighted by Gasteiger charge is -2.27. The molecule has 1 aromatic heterocycles. The van der Waals surface area contributed by atoms with Crippen molar-refractivity contribution < 1.29 is 14.3 Å². The van der Waals surface area contributed by atoms with E-state index in [-0.39, 0.29) is 11.7 Å². The quantitative estimate of drug-likeness (QED) is 0.503. The van der Waals surface area contributed by atoms with Gasteiger partial charge in [0.25, 0.3) is 5.91 Å². The molecule has 178 valence electrons. The van der Waals surface area contributed by atoms with E-state index in [0.29, 0.717) is 45.8 Å². The molecule has 0 radical (unpaired) electrons. The van der Waals surface area contributed by atoms with E-state index in [0.717, 1.165) is 24.2 Å². The largest absolute Gasteiger partial charge is 0.495 e. The standard InChI is InChI=1S/C25H26Cl2N4O3/c1-15(22-19(26)7-8-20(33-2)23(22)27)34-21-13-18(14-30-24(21)28)16-3-5-17(6-4-16)25(32)31-11-9-29-10-12-31/h3-8,13-15,29H,9-12H2,1-2H3,(H2,28,30). The first kappa shape index (κ1) is 24.1. The van der Waals surface area contributed by atoms with Gasteiger partial charge in [0, 0.05) is 54.1 Å². The summed E-state index contributed by atoms with van der Waals surface area (Å²) in [5.41, 5.74) is 9.04. The van der Waals surface area contributed by atoms with Crippen LogP contribution in [0.25, 0.3) is 11.1 Å². The van der Waals surface area contributed by atoms with Crippen LogP contribution in [0.1, 0.15) is 28.9 Å². The zero-order valence-corrected chi connectivity index (χ0v) is 20.5. The number of methoxy groups -OCH3 is 1. The highest BCUT2D eigenvalue weighted by atomic mass is 35.5. The van der Waals surface area contributed by atoms with Gasteiger partial charge in [-0.3, -0.25) is 4.79 Å². The van der Waals surface area contributed by atoms with Gasteiger partial charge in [-0.15, -0.1) is 0 Å². The Bertz CT molecular complexity index is 1180. The molecule has 1 atom stereocenters. The Kier molecular flexibility index (Phi) is 7.46. The molecule has 2 aromatic carbocycles. The van der Waals surface area contributed by atoms with Crippen molar-refractivity contribution in [2.45, 2.75) is 13.0 Å². The highest BCUT2D eigenvalue weighted by Gasteiger charge is 2.21. The molecule has 0 saturated carbocycles. The molecule has 1 amide bonds. The van der Waals surface area contributed by atoms with Gasteiger partial charge in [0.15, 0.2) is 11.6 Å². The number of nitrogens with one attached hydrogen (secondary N) is 1. The van der Waals surface area contributed by atoms with Gasteiger partial charge in [-0.1, -0.05) is 35.3 Å². The van der Waals surface area contributed by atoms with E-state index in [1.165, 1.54) is 0 Å². The van der Waals surface area contributed by atoms with Crippen molar-refractivity contribution in [1.82, 2.24) is 15.2 Å². The summed E-state index contributed by atoms with van der Waals surface area (Å²) in [6.45, 7) is 4.88. The summed E-state index contributed by atoms with van der Waals surface area (Å²) in [7, 11) is 1.54. The van der Waals surface area contributed by atoms with E-state index in [1.807, 2.05) is 42.2 Å². The molecule has 0 aliphatic carbocycles. The molecule has 34 heavy (non-hydrogen) atoms. The van der Waals surface area contributed by atoms with Gasteiger partial charge < -0.3 is 25.4 Å². The number of nitrogens with zero attached hydrogens (tertiary/aromatic N) is 2. The van der Waals surface area contributed by atoms with Crippen molar-refractivity contribution in [1.29, 1.82) is 0 Å². The number of amides is 1. The maximum Gasteiger partial charge on any atom is 0.253 e. The van der Waals surface area contributed by atoms with Crippen LogP contribution in [-0.4, -0.2) is 49.1 Å². The van der Waals surface area contributed by atoms with Gasteiger partial charge in [-0.25, -0.2) is 4.98 Å². The minimum atomic E-state index is -0.506. The lowest BCUT2D eigenvalue weighted by molar-refractivity contribution is 0.0736. The molecule has 1 aliphatic rings.